The molecule has 1 aliphatic heterocycles. The lowest BCUT2D eigenvalue weighted by atomic mass is 9.87. The van der Waals surface area contributed by atoms with Gasteiger partial charge in [-0.2, -0.15) is 4.39 Å². The summed E-state index contributed by atoms with van der Waals surface area (Å²) in [6.45, 7) is 4.08. The molecule has 0 fully saturated rings. The molecular weight excluding hydrogens is 295 g/mol. The largest absolute Gasteiger partial charge is 0.506 e. The van der Waals surface area contributed by atoms with Gasteiger partial charge in [-0.25, -0.2) is 4.98 Å². The number of aromatic hydroxyl groups is 1. The van der Waals surface area contributed by atoms with Crippen molar-refractivity contribution in [1.82, 2.24) is 4.98 Å². The summed E-state index contributed by atoms with van der Waals surface area (Å²) in [5.41, 5.74) is 2.21. The molecule has 0 saturated heterocycles. The highest BCUT2D eigenvalue weighted by atomic mass is 19.1. The summed E-state index contributed by atoms with van der Waals surface area (Å²) < 4.78 is 19.3. The van der Waals surface area contributed by atoms with Gasteiger partial charge in [-0.3, -0.25) is 0 Å². The summed E-state index contributed by atoms with van der Waals surface area (Å²) >= 11 is 0. The minimum absolute atomic E-state index is 0.0574. The summed E-state index contributed by atoms with van der Waals surface area (Å²) in [5, 5.41) is 10.2. The fourth-order valence-electron chi connectivity index (χ4n) is 3.51. The van der Waals surface area contributed by atoms with Crippen LogP contribution in [0.3, 0.4) is 0 Å². The number of ether oxygens (including phenoxy) is 1. The van der Waals surface area contributed by atoms with E-state index in [0.29, 0.717) is 17.5 Å². The van der Waals surface area contributed by atoms with Crippen LogP contribution in [0.4, 0.5) is 10.1 Å². The Morgan fingerprint density at radius 2 is 2.04 bits per heavy atom. The normalized spacial score (nSPS) is 20.3. The smallest absolute Gasteiger partial charge is 0.216 e. The van der Waals surface area contributed by atoms with Crippen molar-refractivity contribution in [2.24, 2.45) is 0 Å². The zero-order valence-electron chi connectivity index (χ0n) is 13.6. The van der Waals surface area contributed by atoms with Gasteiger partial charge in [0, 0.05) is 22.9 Å². The quantitative estimate of drug-likeness (QED) is 0.874. The van der Waals surface area contributed by atoms with Crippen molar-refractivity contribution >= 4 is 5.69 Å². The maximum Gasteiger partial charge on any atom is 0.216 e. The predicted octanol–water partition coefficient (Wildman–Crippen LogP) is 3.84. The molecule has 2 unspecified atom stereocenters. The molecule has 2 heterocycles. The Morgan fingerprint density at radius 1 is 1.35 bits per heavy atom. The number of methoxy groups -OCH3 is 1. The Balaban J connectivity index is 2.07. The fourth-order valence-corrected chi connectivity index (χ4v) is 3.51. The first-order valence-corrected chi connectivity index (χ1v) is 7.85. The van der Waals surface area contributed by atoms with Gasteiger partial charge in [0.15, 0.2) is 0 Å². The van der Waals surface area contributed by atoms with Crippen LogP contribution in [-0.4, -0.2) is 23.2 Å². The second-order valence-electron chi connectivity index (χ2n) is 5.87. The van der Waals surface area contributed by atoms with Gasteiger partial charge in [-0.05, 0) is 44.0 Å². The molecule has 5 heteroatoms. The van der Waals surface area contributed by atoms with Crippen LogP contribution in [0.2, 0.25) is 0 Å². The van der Waals surface area contributed by atoms with Crippen LogP contribution in [-0.2, 0) is 6.42 Å². The molecular formula is C18H21FN2O2. The first kappa shape index (κ1) is 15.6. The number of rotatable bonds is 3. The van der Waals surface area contributed by atoms with Crippen LogP contribution in [0.1, 0.15) is 37.4 Å². The lowest BCUT2D eigenvalue weighted by Crippen LogP contribution is -2.43. The maximum atomic E-state index is 14.1. The SMILES string of the molecule is CCC1Cc2c(F)ncc(O)c2C(C)N1c1ccc(OC)cc1. The standard InChI is InChI=1S/C18H21FN2O2/c1-4-12-9-15-17(16(22)10-20-18(15)19)11(2)21(12)13-5-7-14(23-3)8-6-13/h5-8,10-12,22H,4,9H2,1-3H3. The minimum Gasteiger partial charge on any atom is -0.506 e. The first-order chi connectivity index (χ1) is 11.1. The first-order valence-electron chi connectivity index (χ1n) is 7.85. The predicted molar refractivity (Wildman–Crippen MR) is 87.5 cm³/mol. The second kappa shape index (κ2) is 6.07. The summed E-state index contributed by atoms with van der Waals surface area (Å²) in [7, 11) is 1.64. The van der Waals surface area contributed by atoms with Crippen molar-refractivity contribution in [3.63, 3.8) is 0 Å². The average Bonchev–Trinajstić information content (AvgIpc) is 2.57. The van der Waals surface area contributed by atoms with Gasteiger partial charge in [0.25, 0.3) is 0 Å². The van der Waals surface area contributed by atoms with E-state index in [-0.39, 0.29) is 17.8 Å². The molecule has 23 heavy (non-hydrogen) atoms. The van der Waals surface area contributed by atoms with E-state index in [1.807, 2.05) is 31.2 Å². The Labute approximate surface area is 135 Å². The van der Waals surface area contributed by atoms with E-state index >= 15 is 0 Å². The molecule has 0 aliphatic carbocycles. The van der Waals surface area contributed by atoms with Crippen LogP contribution < -0.4 is 9.64 Å². The Hall–Kier alpha value is -2.30. The fraction of sp³-hybridized carbons (Fsp3) is 0.389. The van der Waals surface area contributed by atoms with E-state index in [1.165, 1.54) is 6.20 Å². The summed E-state index contributed by atoms with van der Waals surface area (Å²) in [6, 6.07) is 7.85. The van der Waals surface area contributed by atoms with Crippen molar-refractivity contribution in [2.75, 3.05) is 12.0 Å². The Morgan fingerprint density at radius 3 is 2.65 bits per heavy atom. The van der Waals surface area contributed by atoms with E-state index in [1.54, 1.807) is 7.11 Å². The number of nitrogens with zero attached hydrogens (tertiary/aromatic N) is 2. The number of hydrogen-bond donors (Lipinski definition) is 1. The number of hydrogen-bond acceptors (Lipinski definition) is 4. The zero-order chi connectivity index (χ0) is 16.6. The van der Waals surface area contributed by atoms with Crippen molar-refractivity contribution in [3.8, 4) is 11.5 Å². The topological polar surface area (TPSA) is 45.6 Å². The molecule has 1 aromatic carbocycles. The third-order valence-electron chi connectivity index (χ3n) is 4.66. The molecule has 0 bridgehead atoms. The van der Waals surface area contributed by atoms with Gasteiger partial charge < -0.3 is 14.7 Å². The van der Waals surface area contributed by atoms with Gasteiger partial charge in [0.2, 0.25) is 5.95 Å². The maximum absolute atomic E-state index is 14.1. The van der Waals surface area contributed by atoms with Crippen LogP contribution in [0, 0.1) is 5.95 Å². The van der Waals surface area contributed by atoms with Crippen LogP contribution in [0.5, 0.6) is 11.5 Å². The van der Waals surface area contributed by atoms with Gasteiger partial charge in [0.05, 0.1) is 19.3 Å². The number of pyridine rings is 1. The molecule has 1 aliphatic rings. The molecule has 3 rings (SSSR count). The number of fused-ring (bicyclic) bond motifs is 1. The van der Waals surface area contributed by atoms with Gasteiger partial charge in [0.1, 0.15) is 11.5 Å². The third kappa shape index (κ3) is 2.60. The summed E-state index contributed by atoms with van der Waals surface area (Å²) in [6.07, 6.45) is 2.61. The van der Waals surface area contributed by atoms with E-state index in [9.17, 15) is 9.50 Å². The average molecular weight is 316 g/mol. The molecule has 2 atom stereocenters. The van der Waals surface area contributed by atoms with E-state index in [4.69, 9.17) is 4.74 Å². The third-order valence-corrected chi connectivity index (χ3v) is 4.66. The van der Waals surface area contributed by atoms with Gasteiger partial charge >= 0.3 is 0 Å². The highest BCUT2D eigenvalue weighted by Gasteiger charge is 2.35. The van der Waals surface area contributed by atoms with Crippen molar-refractivity contribution in [2.45, 2.75) is 38.8 Å². The highest BCUT2D eigenvalue weighted by molar-refractivity contribution is 5.56. The van der Waals surface area contributed by atoms with Crippen LogP contribution in [0.15, 0.2) is 30.5 Å². The summed E-state index contributed by atoms with van der Waals surface area (Å²) in [4.78, 5) is 5.90. The lowest BCUT2D eigenvalue weighted by molar-refractivity contribution is 0.410. The monoisotopic (exact) mass is 316 g/mol. The van der Waals surface area contributed by atoms with Crippen molar-refractivity contribution < 1.29 is 14.2 Å². The number of benzene rings is 1. The molecule has 122 valence electrons. The Bertz CT molecular complexity index is 703. The minimum atomic E-state index is -0.475. The Kier molecular flexibility index (Phi) is 4.11. The molecule has 1 aromatic heterocycles. The number of halogens is 1. The van der Waals surface area contributed by atoms with Gasteiger partial charge in [-0.15, -0.1) is 0 Å². The van der Waals surface area contributed by atoms with Crippen LogP contribution in [0.25, 0.3) is 0 Å². The van der Waals surface area contributed by atoms with Crippen LogP contribution >= 0.6 is 0 Å². The number of anilines is 1. The molecule has 2 aromatic rings. The van der Waals surface area contributed by atoms with E-state index in [0.717, 1.165) is 17.9 Å². The molecule has 0 radical (unpaired) electrons. The highest BCUT2D eigenvalue weighted by Crippen LogP contribution is 2.42. The molecule has 4 nitrogen and oxygen atoms in total. The summed E-state index contributed by atoms with van der Waals surface area (Å²) in [5.74, 6) is 0.379. The number of aromatic nitrogens is 1. The molecule has 0 amide bonds. The molecule has 0 spiro atoms. The van der Waals surface area contributed by atoms with Crippen molar-refractivity contribution in [1.29, 1.82) is 0 Å². The zero-order valence-corrected chi connectivity index (χ0v) is 13.6. The molecule has 0 saturated carbocycles. The lowest BCUT2D eigenvalue weighted by Gasteiger charge is -2.43. The van der Waals surface area contributed by atoms with Gasteiger partial charge in [-0.1, -0.05) is 6.92 Å². The van der Waals surface area contributed by atoms with Crippen molar-refractivity contribution in [3.05, 3.63) is 47.5 Å². The van der Waals surface area contributed by atoms with E-state index < -0.39 is 5.95 Å². The van der Waals surface area contributed by atoms with E-state index in [2.05, 4.69) is 16.8 Å². The molecule has 1 N–H and O–H groups in total. The second-order valence-corrected chi connectivity index (χ2v) is 5.87.